The molecule has 0 aliphatic carbocycles. The molecule has 40 heavy (non-hydrogen) atoms. The molecule has 1 fully saturated rings. The number of benzene rings is 1. The number of aromatic nitrogens is 2. The molecule has 2 aromatic heterocycles. The van der Waals surface area contributed by atoms with Gasteiger partial charge >= 0.3 is 0 Å². The molecule has 1 amide bonds. The van der Waals surface area contributed by atoms with Gasteiger partial charge in [0.1, 0.15) is 23.2 Å². The Morgan fingerprint density at radius 1 is 1.23 bits per heavy atom. The van der Waals surface area contributed by atoms with Crippen LogP contribution >= 0.6 is 0 Å². The monoisotopic (exact) mass is 577 g/mol. The van der Waals surface area contributed by atoms with E-state index in [0.29, 0.717) is 6.42 Å². The highest BCUT2D eigenvalue weighted by atomic mass is 32.2. The Morgan fingerprint density at radius 3 is 2.62 bits per heavy atom. The number of sulfonamides is 1. The van der Waals surface area contributed by atoms with Crippen molar-refractivity contribution in [2.75, 3.05) is 23.8 Å². The molecule has 1 aliphatic rings. The van der Waals surface area contributed by atoms with E-state index in [1.54, 1.807) is 4.90 Å². The second-order valence-corrected chi connectivity index (χ2v) is 12.2. The first-order valence-corrected chi connectivity index (χ1v) is 13.6. The molecule has 0 spiro atoms. The van der Waals surface area contributed by atoms with E-state index in [9.17, 15) is 17.6 Å². The largest absolute Gasteiger partial charge is 0.493 e. The molecule has 4 rings (SSSR count). The number of pyridine rings is 2. The second kappa shape index (κ2) is 10.7. The number of nitrogens with zero attached hydrogens (tertiary/aromatic N) is 3. The van der Waals surface area contributed by atoms with Crippen LogP contribution in [0.5, 0.6) is 5.75 Å². The third kappa shape index (κ3) is 6.50. The minimum absolute atomic E-state index is 0.0385. The molecule has 3 heterocycles. The zero-order valence-electron chi connectivity index (χ0n) is 29.2. The van der Waals surface area contributed by atoms with E-state index in [2.05, 4.69) is 9.97 Å². The fourth-order valence-electron chi connectivity index (χ4n) is 4.83. The predicted molar refractivity (Wildman–Crippen MR) is 152 cm³/mol. The Kier molecular flexibility index (Phi) is 5.61. The molecule has 1 aliphatic heterocycles. The van der Waals surface area contributed by atoms with E-state index in [-0.39, 0.29) is 40.8 Å². The molecular formula is C28H35FN6O4S. The van der Waals surface area contributed by atoms with Crippen LogP contribution in [0.1, 0.15) is 60.8 Å². The average Bonchev–Trinajstić information content (AvgIpc) is 3.15. The minimum Gasteiger partial charge on any atom is -0.493 e. The smallest absolute Gasteiger partial charge is 0.281 e. The van der Waals surface area contributed by atoms with Crippen molar-refractivity contribution in [2.24, 2.45) is 11.6 Å². The Balaban J connectivity index is 1.77. The molecule has 10 nitrogen and oxygen atoms in total. The molecular weight excluding hydrogens is 535 g/mol. The van der Waals surface area contributed by atoms with Crippen LogP contribution in [0.3, 0.4) is 0 Å². The van der Waals surface area contributed by atoms with Gasteiger partial charge in [0, 0.05) is 38.8 Å². The quantitative estimate of drug-likeness (QED) is 0.363. The predicted octanol–water partition coefficient (Wildman–Crippen LogP) is 3.72. The molecule has 0 bridgehead atoms. The van der Waals surface area contributed by atoms with Gasteiger partial charge in [0.05, 0.1) is 17.9 Å². The van der Waals surface area contributed by atoms with E-state index in [1.165, 1.54) is 36.4 Å². The number of nitrogen functional groups attached to an aromatic ring is 1. The van der Waals surface area contributed by atoms with Gasteiger partial charge in [-0.1, -0.05) is 19.8 Å². The summed E-state index contributed by atoms with van der Waals surface area (Å²) in [5.74, 6) is -5.20. The molecule has 0 saturated carbocycles. The number of rotatable bonds is 8. The van der Waals surface area contributed by atoms with Crippen molar-refractivity contribution >= 4 is 27.6 Å². The number of halogens is 1. The van der Waals surface area contributed by atoms with Gasteiger partial charge in [0.15, 0.2) is 5.03 Å². The summed E-state index contributed by atoms with van der Waals surface area (Å²) < 4.78 is 102. The Bertz CT molecular complexity index is 1790. The number of nitrogens with two attached hydrogens (primary N) is 2. The maximum Gasteiger partial charge on any atom is 0.281 e. The van der Waals surface area contributed by atoms with Crippen molar-refractivity contribution in [1.82, 2.24) is 14.7 Å². The van der Waals surface area contributed by atoms with E-state index in [4.69, 9.17) is 25.8 Å². The van der Waals surface area contributed by atoms with Gasteiger partial charge < -0.3 is 21.1 Å². The second-order valence-electron chi connectivity index (χ2n) is 10.6. The molecule has 5 N–H and O–H groups in total. The standard InChI is InChI=1S/C28H35FN6O4S/c1-17(2)14-39-20-12-18(11-19(29)13-20)22-10-9-21(25(32-22)35-16-28(5,31)15-27(35,3)4)26(36)34-40(37,38)24-8-6-7-23(30)33-24/h6-13,17H,14-16,31H2,1-5H3,(H2,30,33)(H,34,36)/t28-/m1/s1/i1D3,2D3,17D. The molecule has 1 aromatic carbocycles. The third-order valence-electron chi connectivity index (χ3n) is 6.26. The average molecular weight is 578 g/mol. The van der Waals surface area contributed by atoms with Crippen LogP contribution in [0.15, 0.2) is 53.6 Å². The molecule has 1 atom stereocenters. The number of hydrogen-bond donors (Lipinski definition) is 3. The van der Waals surface area contributed by atoms with Crippen LogP contribution in [0.4, 0.5) is 16.0 Å². The van der Waals surface area contributed by atoms with Crippen LogP contribution in [-0.4, -0.2) is 48.5 Å². The van der Waals surface area contributed by atoms with E-state index >= 15 is 0 Å². The summed E-state index contributed by atoms with van der Waals surface area (Å²) >= 11 is 0. The van der Waals surface area contributed by atoms with Crippen LogP contribution in [0, 0.1) is 11.7 Å². The highest BCUT2D eigenvalue weighted by Crippen LogP contribution is 2.39. The number of carbonyl (C=O) groups excluding carboxylic acids is 1. The van der Waals surface area contributed by atoms with Crippen molar-refractivity contribution in [3.05, 3.63) is 59.9 Å². The van der Waals surface area contributed by atoms with Crippen molar-refractivity contribution in [1.29, 1.82) is 0 Å². The molecule has 1 saturated heterocycles. The third-order valence-corrected chi connectivity index (χ3v) is 7.49. The highest BCUT2D eigenvalue weighted by molar-refractivity contribution is 7.90. The summed E-state index contributed by atoms with van der Waals surface area (Å²) in [4.78, 5) is 23.7. The first-order chi connectivity index (χ1) is 21.4. The van der Waals surface area contributed by atoms with Gasteiger partial charge in [-0.25, -0.2) is 19.1 Å². The number of hydrogen-bond acceptors (Lipinski definition) is 9. The lowest BCUT2D eigenvalue weighted by atomic mass is 9.92. The van der Waals surface area contributed by atoms with Gasteiger partial charge in [0.25, 0.3) is 15.9 Å². The molecule has 12 heteroatoms. The van der Waals surface area contributed by atoms with Crippen molar-refractivity contribution in [2.45, 2.75) is 57.0 Å². The number of amides is 1. The van der Waals surface area contributed by atoms with Gasteiger partial charge in [-0.2, -0.15) is 8.42 Å². The van der Waals surface area contributed by atoms with Crippen LogP contribution in [0.25, 0.3) is 11.3 Å². The zero-order valence-corrected chi connectivity index (χ0v) is 23.0. The number of anilines is 2. The Morgan fingerprint density at radius 2 is 1.98 bits per heavy atom. The topological polar surface area (TPSA) is 154 Å². The van der Waals surface area contributed by atoms with Crippen molar-refractivity contribution in [3.63, 3.8) is 0 Å². The molecule has 0 radical (unpaired) electrons. The van der Waals surface area contributed by atoms with Gasteiger partial charge in [-0.15, -0.1) is 0 Å². The van der Waals surface area contributed by atoms with E-state index in [1.807, 2.05) is 25.5 Å². The normalized spacial score (nSPS) is 22.1. The summed E-state index contributed by atoms with van der Waals surface area (Å²) in [6.07, 6.45) is 0.471. The lowest BCUT2D eigenvalue weighted by molar-refractivity contribution is 0.0981. The lowest BCUT2D eigenvalue weighted by Crippen LogP contribution is -2.42. The van der Waals surface area contributed by atoms with Gasteiger partial charge in [0.2, 0.25) is 0 Å². The minimum atomic E-state index is -4.46. The summed E-state index contributed by atoms with van der Waals surface area (Å²) in [7, 11) is -4.46. The summed E-state index contributed by atoms with van der Waals surface area (Å²) in [6, 6.07) is 9.81. The molecule has 0 unspecified atom stereocenters. The summed E-state index contributed by atoms with van der Waals surface area (Å²) in [5, 5.41) is -0.478. The fourth-order valence-corrected chi connectivity index (χ4v) is 5.77. The molecule has 3 aromatic rings. The number of nitrogens with one attached hydrogen (secondary N) is 1. The number of ether oxygens (including phenoxy) is 1. The summed E-state index contributed by atoms with van der Waals surface area (Å²) in [5.41, 5.74) is 10.7. The SMILES string of the molecule is [2H]C([2H])([2H])C([2H])(COc1cc(F)cc(-c2ccc(C(=O)NS(=O)(=O)c3cccc(N)n3)c(N3C[C@](C)(N)CC3(C)C)n2)c1)C([2H])([2H])[2H]. The van der Waals surface area contributed by atoms with Crippen LogP contribution < -0.4 is 25.8 Å². The summed E-state index contributed by atoms with van der Waals surface area (Å²) in [6.45, 7) is -1.84. The van der Waals surface area contributed by atoms with Gasteiger partial charge in [-0.05, 0) is 69.5 Å². The van der Waals surface area contributed by atoms with E-state index in [0.717, 1.165) is 12.1 Å². The Hall–Kier alpha value is -3.77. The van der Waals surface area contributed by atoms with Crippen LogP contribution in [-0.2, 0) is 10.0 Å². The van der Waals surface area contributed by atoms with Crippen molar-refractivity contribution in [3.8, 4) is 17.0 Å². The van der Waals surface area contributed by atoms with Gasteiger partial charge in [-0.3, -0.25) is 4.79 Å². The molecule has 214 valence electrons. The highest BCUT2D eigenvalue weighted by Gasteiger charge is 2.45. The maximum absolute atomic E-state index is 14.9. The zero-order chi connectivity index (χ0) is 35.4. The van der Waals surface area contributed by atoms with Crippen molar-refractivity contribution < 1.29 is 31.9 Å². The lowest BCUT2D eigenvalue weighted by Gasteiger charge is -2.33. The first kappa shape index (κ1) is 21.0. The van der Waals surface area contributed by atoms with E-state index < -0.39 is 64.1 Å². The fraction of sp³-hybridized carbons (Fsp3) is 0.393. The Labute approximate surface area is 243 Å². The first-order valence-electron chi connectivity index (χ1n) is 15.7. The number of carbonyl (C=O) groups is 1. The maximum atomic E-state index is 14.9. The van der Waals surface area contributed by atoms with Crippen LogP contribution in [0.2, 0.25) is 0 Å².